The average molecular weight is 315 g/mol. The molecule has 2 rings (SSSR count). The van der Waals surface area contributed by atoms with E-state index in [-0.39, 0.29) is 9.92 Å². The highest BCUT2D eigenvalue weighted by molar-refractivity contribution is 7.89. The standard InChI is InChI=1S/C13H15ClN2O3S/c1-19-13-5-4-11(10-12(13)14)20(17,18)15-6-9-16-7-2-3-8-16/h2-5,7-8,10,15H,6,9H2,1H3. The molecular formula is C13H15ClN2O3S. The number of rotatable bonds is 6. The Balaban J connectivity index is 2.04. The molecule has 0 amide bonds. The number of hydrogen-bond donors (Lipinski definition) is 1. The maximum atomic E-state index is 12.1. The molecule has 0 fully saturated rings. The van der Waals surface area contributed by atoms with Crippen molar-refractivity contribution < 1.29 is 13.2 Å². The van der Waals surface area contributed by atoms with Crippen LogP contribution >= 0.6 is 11.6 Å². The second-order valence-corrected chi connectivity index (χ2v) is 6.29. The molecule has 0 aliphatic rings. The minimum Gasteiger partial charge on any atom is -0.495 e. The first-order valence-corrected chi connectivity index (χ1v) is 7.83. The molecule has 0 atom stereocenters. The van der Waals surface area contributed by atoms with Gasteiger partial charge in [-0.05, 0) is 30.3 Å². The third-order valence-corrected chi connectivity index (χ3v) is 4.52. The van der Waals surface area contributed by atoms with Crippen LogP contribution in [-0.2, 0) is 16.6 Å². The van der Waals surface area contributed by atoms with E-state index in [1.54, 1.807) is 0 Å². The number of benzene rings is 1. The van der Waals surface area contributed by atoms with Crippen LogP contribution in [-0.4, -0.2) is 26.6 Å². The normalized spacial score (nSPS) is 11.5. The van der Waals surface area contributed by atoms with E-state index in [0.29, 0.717) is 18.8 Å². The molecule has 0 aliphatic carbocycles. The molecule has 0 saturated heterocycles. The molecule has 0 aliphatic heterocycles. The minimum absolute atomic E-state index is 0.121. The largest absolute Gasteiger partial charge is 0.495 e. The molecule has 108 valence electrons. The number of nitrogens with zero attached hydrogens (tertiary/aromatic N) is 1. The predicted molar refractivity (Wildman–Crippen MR) is 77.6 cm³/mol. The quantitative estimate of drug-likeness (QED) is 0.888. The third kappa shape index (κ3) is 3.53. The third-order valence-electron chi connectivity index (χ3n) is 2.76. The monoisotopic (exact) mass is 314 g/mol. The van der Waals surface area contributed by atoms with Gasteiger partial charge in [0.25, 0.3) is 0 Å². The Kier molecular flexibility index (Phi) is 4.69. The molecule has 1 N–H and O–H groups in total. The lowest BCUT2D eigenvalue weighted by Crippen LogP contribution is -2.27. The van der Waals surface area contributed by atoms with Crippen molar-refractivity contribution in [2.75, 3.05) is 13.7 Å². The number of halogens is 1. The molecule has 0 bridgehead atoms. The molecule has 0 saturated carbocycles. The Morgan fingerprint density at radius 2 is 2.00 bits per heavy atom. The van der Waals surface area contributed by atoms with Gasteiger partial charge in [0, 0.05) is 25.5 Å². The summed E-state index contributed by atoms with van der Waals surface area (Å²) in [6, 6.07) is 8.14. The summed E-state index contributed by atoms with van der Waals surface area (Å²) in [6.45, 7) is 0.872. The highest BCUT2D eigenvalue weighted by Gasteiger charge is 2.15. The highest BCUT2D eigenvalue weighted by atomic mass is 35.5. The number of methoxy groups -OCH3 is 1. The van der Waals surface area contributed by atoms with Crippen LogP contribution in [0.4, 0.5) is 0 Å². The zero-order valence-corrected chi connectivity index (χ0v) is 12.5. The lowest BCUT2D eigenvalue weighted by molar-refractivity contribution is 0.414. The van der Waals surface area contributed by atoms with E-state index in [0.717, 1.165) is 0 Å². The van der Waals surface area contributed by atoms with Crippen LogP contribution in [0.15, 0.2) is 47.6 Å². The number of hydrogen-bond acceptors (Lipinski definition) is 3. The van der Waals surface area contributed by atoms with Gasteiger partial charge < -0.3 is 9.30 Å². The molecule has 1 aromatic heterocycles. The highest BCUT2D eigenvalue weighted by Crippen LogP contribution is 2.26. The fourth-order valence-corrected chi connectivity index (χ4v) is 3.10. The summed E-state index contributed by atoms with van der Waals surface area (Å²) in [4.78, 5) is 0.121. The van der Waals surface area contributed by atoms with E-state index < -0.39 is 10.0 Å². The summed E-state index contributed by atoms with van der Waals surface area (Å²) in [6.07, 6.45) is 3.75. The lowest BCUT2D eigenvalue weighted by Gasteiger charge is -2.09. The average Bonchev–Trinajstić information content (AvgIpc) is 2.91. The molecule has 5 nitrogen and oxygen atoms in total. The van der Waals surface area contributed by atoms with Gasteiger partial charge in [-0.25, -0.2) is 13.1 Å². The van der Waals surface area contributed by atoms with Crippen molar-refractivity contribution in [2.45, 2.75) is 11.4 Å². The van der Waals surface area contributed by atoms with Gasteiger partial charge in [0.2, 0.25) is 10.0 Å². The molecule has 2 aromatic rings. The van der Waals surface area contributed by atoms with E-state index in [4.69, 9.17) is 16.3 Å². The zero-order valence-electron chi connectivity index (χ0n) is 10.9. The van der Waals surface area contributed by atoms with Gasteiger partial charge in [0.15, 0.2) is 0 Å². The van der Waals surface area contributed by atoms with E-state index in [2.05, 4.69) is 4.72 Å². The van der Waals surface area contributed by atoms with Gasteiger partial charge in [0.05, 0.1) is 17.0 Å². The van der Waals surface area contributed by atoms with E-state index in [1.807, 2.05) is 29.1 Å². The molecule has 0 spiro atoms. The Labute approximate surface area is 123 Å². The van der Waals surface area contributed by atoms with Gasteiger partial charge >= 0.3 is 0 Å². The second-order valence-electron chi connectivity index (χ2n) is 4.11. The van der Waals surface area contributed by atoms with Crippen LogP contribution in [0.2, 0.25) is 5.02 Å². The molecule has 0 unspecified atom stereocenters. The van der Waals surface area contributed by atoms with Crippen LogP contribution in [0.3, 0.4) is 0 Å². The molecular weight excluding hydrogens is 300 g/mol. The topological polar surface area (TPSA) is 60.3 Å². The van der Waals surface area contributed by atoms with Gasteiger partial charge in [-0.3, -0.25) is 0 Å². The summed E-state index contributed by atoms with van der Waals surface area (Å²) >= 11 is 5.93. The fourth-order valence-electron chi connectivity index (χ4n) is 1.73. The predicted octanol–water partition coefficient (Wildman–Crippen LogP) is 2.13. The molecule has 7 heteroatoms. The minimum atomic E-state index is -3.56. The number of sulfonamides is 1. The SMILES string of the molecule is COc1ccc(S(=O)(=O)NCCn2cccc2)cc1Cl. The van der Waals surface area contributed by atoms with Crippen molar-refractivity contribution in [3.8, 4) is 5.75 Å². The zero-order chi connectivity index (χ0) is 14.6. The van der Waals surface area contributed by atoms with Gasteiger partial charge in [-0.2, -0.15) is 0 Å². The first-order chi connectivity index (χ1) is 9.53. The van der Waals surface area contributed by atoms with Crippen molar-refractivity contribution in [2.24, 2.45) is 0 Å². The van der Waals surface area contributed by atoms with Crippen molar-refractivity contribution >= 4 is 21.6 Å². The maximum absolute atomic E-state index is 12.1. The summed E-state index contributed by atoms with van der Waals surface area (Å²) in [5, 5.41) is 0.265. The van der Waals surface area contributed by atoms with Gasteiger partial charge in [-0.1, -0.05) is 11.6 Å². The Morgan fingerprint density at radius 1 is 1.30 bits per heavy atom. The summed E-state index contributed by atoms with van der Waals surface area (Å²) in [5.41, 5.74) is 0. The molecule has 0 radical (unpaired) electrons. The lowest BCUT2D eigenvalue weighted by atomic mass is 10.3. The van der Waals surface area contributed by atoms with Gasteiger partial charge in [0.1, 0.15) is 5.75 Å². The number of aromatic nitrogens is 1. The molecule has 1 heterocycles. The summed E-state index contributed by atoms with van der Waals surface area (Å²) < 4.78 is 33.6. The Bertz CT molecular complexity index is 669. The van der Waals surface area contributed by atoms with Crippen LogP contribution in [0, 0.1) is 0 Å². The van der Waals surface area contributed by atoms with Crippen LogP contribution in [0.5, 0.6) is 5.75 Å². The van der Waals surface area contributed by atoms with Crippen molar-refractivity contribution in [1.82, 2.24) is 9.29 Å². The van der Waals surface area contributed by atoms with Crippen molar-refractivity contribution in [1.29, 1.82) is 0 Å². The molecule has 20 heavy (non-hydrogen) atoms. The first-order valence-electron chi connectivity index (χ1n) is 5.97. The van der Waals surface area contributed by atoms with Crippen LogP contribution in [0.1, 0.15) is 0 Å². The summed E-state index contributed by atoms with van der Waals surface area (Å²) in [7, 11) is -2.09. The van der Waals surface area contributed by atoms with Gasteiger partial charge in [-0.15, -0.1) is 0 Å². The van der Waals surface area contributed by atoms with Crippen molar-refractivity contribution in [3.63, 3.8) is 0 Å². The van der Waals surface area contributed by atoms with E-state index >= 15 is 0 Å². The van der Waals surface area contributed by atoms with Crippen LogP contribution in [0.25, 0.3) is 0 Å². The smallest absolute Gasteiger partial charge is 0.240 e. The van der Waals surface area contributed by atoms with E-state index in [9.17, 15) is 8.42 Å². The maximum Gasteiger partial charge on any atom is 0.240 e. The van der Waals surface area contributed by atoms with Crippen molar-refractivity contribution in [3.05, 3.63) is 47.7 Å². The first kappa shape index (κ1) is 14.9. The summed E-state index contributed by atoms with van der Waals surface area (Å²) in [5.74, 6) is 0.443. The number of ether oxygens (including phenoxy) is 1. The Morgan fingerprint density at radius 3 is 2.60 bits per heavy atom. The Hall–Kier alpha value is -1.50. The second kappa shape index (κ2) is 6.30. The van der Waals surface area contributed by atoms with E-state index in [1.165, 1.54) is 25.3 Å². The molecule has 1 aromatic carbocycles. The number of nitrogens with one attached hydrogen (secondary N) is 1. The fraction of sp³-hybridized carbons (Fsp3) is 0.231. The van der Waals surface area contributed by atoms with Crippen LogP contribution < -0.4 is 9.46 Å².